The molecule has 1 saturated heterocycles. The molecule has 0 spiro atoms. The number of likely N-dealkylation sites (tertiary alicyclic amines) is 1. The van der Waals surface area contributed by atoms with Crippen molar-refractivity contribution in [2.75, 3.05) is 26.3 Å². The number of aromatic hydroxyl groups is 1. The Morgan fingerprint density at radius 1 is 0.933 bits per heavy atom. The van der Waals surface area contributed by atoms with Gasteiger partial charge >= 0.3 is 0 Å². The Balaban J connectivity index is 1.21. The highest BCUT2D eigenvalue weighted by Gasteiger charge is 2.45. The van der Waals surface area contributed by atoms with E-state index in [4.69, 9.17) is 23.2 Å². The van der Waals surface area contributed by atoms with E-state index in [0.717, 1.165) is 66.7 Å². The van der Waals surface area contributed by atoms with Gasteiger partial charge < -0.3 is 10.0 Å². The largest absolute Gasteiger partial charge is 0.504 e. The van der Waals surface area contributed by atoms with Gasteiger partial charge in [-0.15, -0.1) is 0 Å². The molecule has 1 saturated carbocycles. The Bertz CT molecular complexity index is 1860. The number of aryl methyl sites for hydroxylation is 1. The third-order valence-electron chi connectivity index (χ3n) is 10.2. The van der Waals surface area contributed by atoms with Gasteiger partial charge in [-0.3, -0.25) is 14.0 Å². The molecule has 0 bridgehead atoms. The standard InChI is InChI=1S/C38H36Cl2FNO3/c39-27-10-12-29(34(40)19-27)30-4-1-3-25-17-22(18-33-36(43)38(45)37(33)44)5-11-28(25)35(30)24-8-6-23(7-9-24)31-20-32(31)26-13-16-42(21-26)15-2-14-41/h5-12,17,19,26,31-32,43H,1-4,13-16,18,20-21H2. The summed E-state index contributed by atoms with van der Waals surface area (Å²) in [5, 5.41) is 11.2. The highest BCUT2D eigenvalue weighted by Crippen LogP contribution is 2.54. The summed E-state index contributed by atoms with van der Waals surface area (Å²) in [7, 11) is 0. The SMILES string of the molecule is O=c1c(O)c(Cc2ccc3c(c2)CCCC(c2ccc(Cl)cc2Cl)=C3c2ccc(C3CC3C3CCN(CCCF)C3)cc2)c1=O. The van der Waals surface area contributed by atoms with E-state index in [2.05, 4.69) is 41.3 Å². The molecular formula is C38H36Cl2FNO3. The lowest BCUT2D eigenvalue weighted by Crippen LogP contribution is -2.34. The first-order chi connectivity index (χ1) is 21.8. The van der Waals surface area contributed by atoms with Crippen LogP contribution in [0.25, 0.3) is 11.1 Å². The molecule has 1 N–H and O–H groups in total. The number of fused-ring (bicyclic) bond motifs is 1. The Hall–Kier alpha value is -3.25. The summed E-state index contributed by atoms with van der Waals surface area (Å²) >= 11 is 13.1. The second-order valence-corrected chi connectivity index (χ2v) is 13.8. The quantitative estimate of drug-likeness (QED) is 0.188. The first-order valence-corrected chi connectivity index (χ1v) is 16.8. The highest BCUT2D eigenvalue weighted by molar-refractivity contribution is 6.36. The summed E-state index contributed by atoms with van der Waals surface area (Å²) in [6, 6.07) is 21.0. The molecule has 3 unspecified atom stereocenters. The second-order valence-electron chi connectivity index (χ2n) is 13.0. The molecule has 0 aromatic heterocycles. The molecule has 0 amide bonds. The average molecular weight is 645 g/mol. The minimum Gasteiger partial charge on any atom is -0.504 e. The molecule has 4 aromatic rings. The monoisotopic (exact) mass is 643 g/mol. The Labute approximate surface area is 272 Å². The lowest BCUT2D eigenvalue weighted by Gasteiger charge is -2.19. The van der Waals surface area contributed by atoms with Crippen LogP contribution in [-0.2, 0) is 12.8 Å². The smallest absolute Gasteiger partial charge is 0.267 e. The van der Waals surface area contributed by atoms with E-state index in [1.807, 2.05) is 18.2 Å². The zero-order valence-corrected chi connectivity index (χ0v) is 26.6. The molecular weight excluding hydrogens is 608 g/mol. The summed E-state index contributed by atoms with van der Waals surface area (Å²) in [6.45, 7) is 2.82. The van der Waals surface area contributed by atoms with Crippen molar-refractivity contribution < 1.29 is 9.50 Å². The molecule has 3 aliphatic rings. The van der Waals surface area contributed by atoms with Crippen molar-refractivity contribution in [1.29, 1.82) is 0 Å². The fourth-order valence-electron chi connectivity index (χ4n) is 7.79. The van der Waals surface area contributed by atoms with Gasteiger partial charge in [0.05, 0.1) is 12.2 Å². The van der Waals surface area contributed by atoms with Crippen LogP contribution in [0.2, 0.25) is 10.0 Å². The van der Waals surface area contributed by atoms with Crippen molar-refractivity contribution in [3.63, 3.8) is 0 Å². The van der Waals surface area contributed by atoms with Gasteiger partial charge in [0.2, 0.25) is 5.43 Å². The van der Waals surface area contributed by atoms with E-state index in [9.17, 15) is 19.1 Å². The molecule has 4 nitrogen and oxygen atoms in total. The van der Waals surface area contributed by atoms with Crippen molar-refractivity contribution in [1.82, 2.24) is 4.90 Å². The average Bonchev–Trinajstić information content (AvgIpc) is 3.75. The molecule has 0 radical (unpaired) electrons. The summed E-state index contributed by atoms with van der Waals surface area (Å²) in [4.78, 5) is 26.0. The number of hydrogen-bond donors (Lipinski definition) is 1. The predicted molar refractivity (Wildman–Crippen MR) is 180 cm³/mol. The molecule has 7 rings (SSSR count). The second kappa shape index (κ2) is 12.5. The fourth-order valence-corrected chi connectivity index (χ4v) is 8.32. The normalized spacial score (nSPS) is 21.7. The highest BCUT2D eigenvalue weighted by atomic mass is 35.5. The summed E-state index contributed by atoms with van der Waals surface area (Å²) in [6.07, 6.45) is 5.92. The van der Waals surface area contributed by atoms with Crippen LogP contribution in [0.15, 0.2) is 70.3 Å². The molecule has 1 heterocycles. The van der Waals surface area contributed by atoms with Crippen LogP contribution >= 0.6 is 23.2 Å². The minimum atomic E-state index is -0.797. The van der Waals surface area contributed by atoms with Crippen molar-refractivity contribution in [3.8, 4) is 5.75 Å². The number of rotatable bonds is 9. The van der Waals surface area contributed by atoms with Gasteiger partial charge in [0.25, 0.3) is 5.43 Å². The van der Waals surface area contributed by atoms with Gasteiger partial charge in [0.15, 0.2) is 5.75 Å². The van der Waals surface area contributed by atoms with Crippen LogP contribution in [0.5, 0.6) is 5.75 Å². The van der Waals surface area contributed by atoms with E-state index in [1.165, 1.54) is 29.5 Å². The Morgan fingerprint density at radius 3 is 2.49 bits per heavy atom. The number of hydrogen-bond acceptors (Lipinski definition) is 4. The fraction of sp³-hybridized carbons (Fsp3) is 0.368. The molecule has 3 atom stereocenters. The van der Waals surface area contributed by atoms with Gasteiger partial charge in [-0.25, -0.2) is 0 Å². The van der Waals surface area contributed by atoms with Crippen LogP contribution < -0.4 is 10.9 Å². The van der Waals surface area contributed by atoms with Crippen LogP contribution in [0.3, 0.4) is 0 Å². The minimum absolute atomic E-state index is 0.192. The molecule has 2 fully saturated rings. The topological polar surface area (TPSA) is 57.6 Å². The van der Waals surface area contributed by atoms with E-state index < -0.39 is 16.6 Å². The van der Waals surface area contributed by atoms with E-state index >= 15 is 0 Å². The summed E-state index contributed by atoms with van der Waals surface area (Å²) in [5.74, 6) is 1.58. The first kappa shape index (κ1) is 30.4. The maximum atomic E-state index is 12.7. The van der Waals surface area contributed by atoms with Crippen molar-refractivity contribution >= 4 is 34.3 Å². The molecule has 2 aliphatic carbocycles. The van der Waals surface area contributed by atoms with Crippen molar-refractivity contribution in [2.45, 2.75) is 50.9 Å². The molecule has 232 valence electrons. The zero-order valence-electron chi connectivity index (χ0n) is 25.1. The lowest BCUT2D eigenvalue weighted by molar-refractivity contribution is 0.295. The number of benzene rings is 3. The number of halogens is 3. The van der Waals surface area contributed by atoms with Gasteiger partial charge in [-0.05, 0) is 119 Å². The Morgan fingerprint density at radius 2 is 1.73 bits per heavy atom. The van der Waals surface area contributed by atoms with Crippen LogP contribution in [0.1, 0.15) is 77.0 Å². The molecule has 7 heteroatoms. The summed E-state index contributed by atoms with van der Waals surface area (Å²) < 4.78 is 12.7. The van der Waals surface area contributed by atoms with Crippen LogP contribution in [-0.4, -0.2) is 36.3 Å². The maximum absolute atomic E-state index is 12.7. The third kappa shape index (κ3) is 5.91. The third-order valence-corrected chi connectivity index (χ3v) is 10.8. The molecule has 1 aliphatic heterocycles. The molecule has 4 aromatic carbocycles. The van der Waals surface area contributed by atoms with Gasteiger partial charge in [-0.2, -0.15) is 0 Å². The van der Waals surface area contributed by atoms with Crippen molar-refractivity contribution in [3.05, 3.63) is 130 Å². The first-order valence-electron chi connectivity index (χ1n) is 16.0. The van der Waals surface area contributed by atoms with Crippen molar-refractivity contribution in [2.24, 2.45) is 11.8 Å². The van der Waals surface area contributed by atoms with E-state index in [-0.39, 0.29) is 18.7 Å². The van der Waals surface area contributed by atoms with Gasteiger partial charge in [0, 0.05) is 29.6 Å². The zero-order chi connectivity index (χ0) is 31.2. The maximum Gasteiger partial charge on any atom is 0.267 e. The predicted octanol–water partition coefficient (Wildman–Crippen LogP) is 7.97. The number of nitrogens with zero attached hydrogens (tertiary/aromatic N) is 1. The van der Waals surface area contributed by atoms with E-state index in [1.54, 1.807) is 6.07 Å². The number of allylic oxidation sites excluding steroid dienone is 1. The van der Waals surface area contributed by atoms with Gasteiger partial charge in [-0.1, -0.05) is 71.7 Å². The molecule has 45 heavy (non-hydrogen) atoms. The number of alkyl halides is 1. The van der Waals surface area contributed by atoms with Gasteiger partial charge in [0.1, 0.15) is 0 Å². The summed E-state index contributed by atoms with van der Waals surface area (Å²) in [5.41, 5.74) is 7.82. The van der Waals surface area contributed by atoms with Crippen LogP contribution in [0, 0.1) is 11.8 Å². The van der Waals surface area contributed by atoms with Crippen LogP contribution in [0.4, 0.5) is 4.39 Å². The lowest BCUT2D eigenvalue weighted by atomic mass is 9.86. The Kier molecular flexibility index (Phi) is 8.45. The van der Waals surface area contributed by atoms with E-state index in [0.29, 0.717) is 34.2 Å².